The summed E-state index contributed by atoms with van der Waals surface area (Å²) >= 11 is 0. The Labute approximate surface area is 180 Å². The molecule has 162 valence electrons. The number of nitrogens with zero attached hydrogens (tertiary/aromatic N) is 4. The highest BCUT2D eigenvalue weighted by Crippen LogP contribution is 2.18. The second-order valence-electron chi connectivity index (χ2n) is 7.63. The second-order valence-corrected chi connectivity index (χ2v) is 7.63. The van der Waals surface area contributed by atoms with Gasteiger partial charge in [0.15, 0.2) is 0 Å². The molecule has 1 amide bonds. The smallest absolute Gasteiger partial charge is 0.241 e. The molecule has 0 unspecified atom stereocenters. The molecule has 8 heteroatoms. The Morgan fingerprint density at radius 1 is 1.06 bits per heavy atom. The molecule has 1 N–H and O–H groups in total. The van der Waals surface area contributed by atoms with Crippen molar-refractivity contribution in [3.63, 3.8) is 0 Å². The Kier molecular flexibility index (Phi) is 6.69. The van der Waals surface area contributed by atoms with Gasteiger partial charge in [0.25, 0.3) is 0 Å². The first-order chi connectivity index (χ1) is 15.1. The summed E-state index contributed by atoms with van der Waals surface area (Å²) in [7, 11) is 0. The second kappa shape index (κ2) is 9.80. The number of halogens is 1. The SMILES string of the molecule is CCc1ccccc1NC(=O)CN1CCN(Cc2nc(-c3ccc(F)cc3)no2)CC1. The molecule has 0 aliphatic carbocycles. The van der Waals surface area contributed by atoms with E-state index in [1.165, 1.54) is 12.1 Å². The van der Waals surface area contributed by atoms with Crippen LogP contribution < -0.4 is 5.32 Å². The van der Waals surface area contributed by atoms with Crippen LogP contribution in [0.1, 0.15) is 18.4 Å². The molecule has 1 aliphatic rings. The van der Waals surface area contributed by atoms with Gasteiger partial charge in [0, 0.05) is 37.4 Å². The number of carbonyl (C=O) groups is 1. The fourth-order valence-electron chi connectivity index (χ4n) is 3.68. The Morgan fingerprint density at radius 3 is 2.52 bits per heavy atom. The number of benzene rings is 2. The first-order valence-corrected chi connectivity index (χ1v) is 10.5. The minimum absolute atomic E-state index is 0.00944. The number of anilines is 1. The van der Waals surface area contributed by atoms with Crippen molar-refractivity contribution >= 4 is 11.6 Å². The van der Waals surface area contributed by atoms with E-state index in [-0.39, 0.29) is 11.7 Å². The van der Waals surface area contributed by atoms with Gasteiger partial charge in [-0.3, -0.25) is 14.6 Å². The fraction of sp³-hybridized carbons (Fsp3) is 0.348. The summed E-state index contributed by atoms with van der Waals surface area (Å²) in [5, 5.41) is 7.02. The monoisotopic (exact) mass is 423 g/mol. The van der Waals surface area contributed by atoms with Crippen LogP contribution in [-0.2, 0) is 17.8 Å². The number of piperazine rings is 1. The molecule has 2 aromatic carbocycles. The van der Waals surface area contributed by atoms with E-state index in [2.05, 4.69) is 32.2 Å². The van der Waals surface area contributed by atoms with E-state index >= 15 is 0 Å². The fourth-order valence-corrected chi connectivity index (χ4v) is 3.68. The zero-order valence-corrected chi connectivity index (χ0v) is 17.6. The van der Waals surface area contributed by atoms with Crippen LogP contribution >= 0.6 is 0 Å². The number of hydrogen-bond acceptors (Lipinski definition) is 6. The van der Waals surface area contributed by atoms with Gasteiger partial charge in [0.05, 0.1) is 13.1 Å². The number of rotatable bonds is 7. The summed E-state index contributed by atoms with van der Waals surface area (Å²) < 4.78 is 18.4. The van der Waals surface area contributed by atoms with Gasteiger partial charge in [0.1, 0.15) is 5.82 Å². The van der Waals surface area contributed by atoms with Crippen molar-refractivity contribution in [1.82, 2.24) is 19.9 Å². The Hall–Kier alpha value is -3.10. The first-order valence-electron chi connectivity index (χ1n) is 10.5. The van der Waals surface area contributed by atoms with E-state index < -0.39 is 0 Å². The van der Waals surface area contributed by atoms with Crippen molar-refractivity contribution in [2.45, 2.75) is 19.9 Å². The lowest BCUT2D eigenvalue weighted by Crippen LogP contribution is -2.48. The molecule has 1 saturated heterocycles. The standard InChI is InChI=1S/C23H26FN5O2/c1-2-17-5-3-4-6-20(17)25-21(30)15-28-11-13-29(14-12-28)16-22-26-23(27-31-22)18-7-9-19(24)10-8-18/h3-10H,2,11-16H2,1H3,(H,25,30). The predicted octanol–water partition coefficient (Wildman–Crippen LogP) is 3.19. The number of amides is 1. The Morgan fingerprint density at radius 2 is 1.77 bits per heavy atom. The number of nitrogens with one attached hydrogen (secondary N) is 1. The third-order valence-corrected chi connectivity index (χ3v) is 5.43. The van der Waals surface area contributed by atoms with E-state index in [4.69, 9.17) is 4.52 Å². The third kappa shape index (κ3) is 5.53. The van der Waals surface area contributed by atoms with Crippen LogP contribution in [0.4, 0.5) is 10.1 Å². The lowest BCUT2D eigenvalue weighted by atomic mass is 10.1. The summed E-state index contributed by atoms with van der Waals surface area (Å²) in [6.07, 6.45) is 0.883. The summed E-state index contributed by atoms with van der Waals surface area (Å²) in [5.41, 5.74) is 2.75. The van der Waals surface area contributed by atoms with Gasteiger partial charge in [-0.05, 0) is 42.3 Å². The zero-order chi connectivity index (χ0) is 21.6. The molecule has 0 bridgehead atoms. The largest absolute Gasteiger partial charge is 0.338 e. The van der Waals surface area contributed by atoms with Crippen LogP contribution in [0.15, 0.2) is 53.1 Å². The van der Waals surface area contributed by atoms with Crippen molar-refractivity contribution in [2.24, 2.45) is 0 Å². The molecule has 1 aliphatic heterocycles. The molecular weight excluding hydrogens is 397 g/mol. The van der Waals surface area contributed by atoms with E-state index in [1.807, 2.05) is 24.3 Å². The molecular formula is C23H26FN5O2. The van der Waals surface area contributed by atoms with Crippen LogP contribution in [-0.4, -0.2) is 58.6 Å². The summed E-state index contributed by atoms with van der Waals surface area (Å²) in [5.74, 6) is 0.697. The van der Waals surface area contributed by atoms with Crippen LogP contribution in [0.25, 0.3) is 11.4 Å². The van der Waals surface area contributed by atoms with Crippen molar-refractivity contribution in [2.75, 3.05) is 38.0 Å². The maximum atomic E-state index is 13.1. The molecule has 1 fully saturated rings. The first kappa shape index (κ1) is 21.1. The van der Waals surface area contributed by atoms with E-state index in [1.54, 1.807) is 12.1 Å². The van der Waals surface area contributed by atoms with E-state index in [9.17, 15) is 9.18 Å². The molecule has 3 aromatic rings. The lowest BCUT2D eigenvalue weighted by molar-refractivity contribution is -0.117. The van der Waals surface area contributed by atoms with Gasteiger partial charge in [-0.15, -0.1) is 0 Å². The van der Waals surface area contributed by atoms with Crippen LogP contribution in [0.3, 0.4) is 0 Å². The molecule has 4 rings (SSSR count). The van der Waals surface area contributed by atoms with Gasteiger partial charge in [-0.2, -0.15) is 4.98 Å². The molecule has 0 radical (unpaired) electrons. The molecule has 2 heterocycles. The van der Waals surface area contributed by atoms with E-state index in [0.717, 1.165) is 49.4 Å². The summed E-state index contributed by atoms with van der Waals surface area (Å²) in [6, 6.07) is 13.9. The molecule has 0 atom stereocenters. The average Bonchev–Trinajstić information content (AvgIpc) is 3.24. The molecule has 0 saturated carbocycles. The summed E-state index contributed by atoms with van der Waals surface area (Å²) in [4.78, 5) is 21.2. The molecule has 7 nitrogen and oxygen atoms in total. The third-order valence-electron chi connectivity index (χ3n) is 5.43. The molecule has 1 aromatic heterocycles. The maximum absolute atomic E-state index is 13.1. The predicted molar refractivity (Wildman–Crippen MR) is 116 cm³/mol. The number of aromatic nitrogens is 2. The molecule has 0 spiro atoms. The maximum Gasteiger partial charge on any atom is 0.241 e. The number of aryl methyl sites for hydroxylation is 1. The average molecular weight is 423 g/mol. The highest BCUT2D eigenvalue weighted by atomic mass is 19.1. The Balaban J connectivity index is 1.24. The topological polar surface area (TPSA) is 74.5 Å². The van der Waals surface area contributed by atoms with E-state index in [0.29, 0.717) is 24.8 Å². The quantitative estimate of drug-likeness (QED) is 0.629. The van der Waals surface area contributed by atoms with Gasteiger partial charge < -0.3 is 9.84 Å². The number of carbonyl (C=O) groups excluding carboxylic acids is 1. The van der Waals surface area contributed by atoms with Crippen LogP contribution in [0.2, 0.25) is 0 Å². The zero-order valence-electron chi connectivity index (χ0n) is 17.6. The lowest BCUT2D eigenvalue weighted by Gasteiger charge is -2.33. The number of para-hydroxylation sites is 1. The minimum atomic E-state index is -0.298. The van der Waals surface area contributed by atoms with Gasteiger partial charge in [-0.25, -0.2) is 4.39 Å². The summed E-state index contributed by atoms with van der Waals surface area (Å²) in [6.45, 7) is 6.22. The van der Waals surface area contributed by atoms with Crippen LogP contribution in [0, 0.1) is 5.82 Å². The van der Waals surface area contributed by atoms with Crippen molar-refractivity contribution in [3.05, 3.63) is 65.8 Å². The van der Waals surface area contributed by atoms with Crippen LogP contribution in [0.5, 0.6) is 0 Å². The van der Waals surface area contributed by atoms with Gasteiger partial charge >= 0.3 is 0 Å². The Bertz CT molecular complexity index is 1010. The normalized spacial score (nSPS) is 15.2. The van der Waals surface area contributed by atoms with Gasteiger partial charge in [0.2, 0.25) is 17.6 Å². The van der Waals surface area contributed by atoms with Crippen molar-refractivity contribution < 1.29 is 13.7 Å². The molecule has 31 heavy (non-hydrogen) atoms. The van der Waals surface area contributed by atoms with Crippen molar-refractivity contribution in [3.8, 4) is 11.4 Å². The number of hydrogen-bond donors (Lipinski definition) is 1. The highest BCUT2D eigenvalue weighted by Gasteiger charge is 2.21. The van der Waals surface area contributed by atoms with Gasteiger partial charge in [-0.1, -0.05) is 30.3 Å². The highest BCUT2D eigenvalue weighted by molar-refractivity contribution is 5.93. The van der Waals surface area contributed by atoms with Crippen molar-refractivity contribution in [1.29, 1.82) is 0 Å². The minimum Gasteiger partial charge on any atom is -0.338 e.